The van der Waals surface area contributed by atoms with Crippen LogP contribution in [0.25, 0.3) is 0 Å². The minimum Gasteiger partial charge on any atom is -0.398 e. The van der Waals surface area contributed by atoms with Crippen LogP contribution in [0.5, 0.6) is 0 Å². The first-order chi connectivity index (χ1) is 9.56. The van der Waals surface area contributed by atoms with Gasteiger partial charge in [0.15, 0.2) is 0 Å². The van der Waals surface area contributed by atoms with E-state index in [1.807, 2.05) is 25.1 Å². The van der Waals surface area contributed by atoms with E-state index in [-0.39, 0.29) is 24.2 Å². The van der Waals surface area contributed by atoms with Gasteiger partial charge in [-0.25, -0.2) is 4.39 Å². The van der Waals surface area contributed by atoms with Crippen LogP contribution < -0.4 is 11.1 Å². The molecule has 20 heavy (non-hydrogen) atoms. The van der Waals surface area contributed by atoms with Gasteiger partial charge >= 0.3 is 0 Å². The van der Waals surface area contributed by atoms with Gasteiger partial charge in [0.25, 0.3) is 0 Å². The van der Waals surface area contributed by atoms with E-state index in [1.54, 1.807) is 18.2 Å². The number of hydrogen-bond donors (Lipinski definition) is 2. The molecule has 0 spiro atoms. The van der Waals surface area contributed by atoms with E-state index in [2.05, 4.69) is 5.32 Å². The van der Waals surface area contributed by atoms with Gasteiger partial charge < -0.3 is 11.1 Å². The SMILES string of the molecule is CC(NC(=O)Cc1ccccc1N)c1ccc(F)cc1. The topological polar surface area (TPSA) is 55.1 Å². The van der Waals surface area contributed by atoms with Crippen molar-refractivity contribution in [3.8, 4) is 0 Å². The molecule has 1 atom stereocenters. The monoisotopic (exact) mass is 272 g/mol. The van der Waals surface area contributed by atoms with Crippen molar-refractivity contribution in [2.75, 3.05) is 5.73 Å². The summed E-state index contributed by atoms with van der Waals surface area (Å²) < 4.78 is 12.8. The zero-order chi connectivity index (χ0) is 14.5. The van der Waals surface area contributed by atoms with Crippen LogP contribution in [-0.2, 0) is 11.2 Å². The van der Waals surface area contributed by atoms with Crippen LogP contribution in [0, 0.1) is 5.82 Å². The number of carbonyl (C=O) groups excluding carboxylic acids is 1. The first kappa shape index (κ1) is 14.1. The van der Waals surface area contributed by atoms with Crippen LogP contribution in [0.1, 0.15) is 24.1 Å². The number of nitrogens with two attached hydrogens (primary N) is 1. The molecule has 3 N–H and O–H groups in total. The van der Waals surface area contributed by atoms with Crippen molar-refractivity contribution in [3.05, 3.63) is 65.5 Å². The van der Waals surface area contributed by atoms with Crippen molar-refractivity contribution < 1.29 is 9.18 Å². The molecule has 104 valence electrons. The molecule has 0 radical (unpaired) electrons. The van der Waals surface area contributed by atoms with Gasteiger partial charge in [-0.3, -0.25) is 4.79 Å². The predicted octanol–water partition coefficient (Wildman–Crippen LogP) is 2.83. The van der Waals surface area contributed by atoms with Crippen molar-refractivity contribution in [1.82, 2.24) is 5.32 Å². The number of rotatable bonds is 4. The highest BCUT2D eigenvalue weighted by Crippen LogP contribution is 2.15. The Morgan fingerprint density at radius 2 is 1.85 bits per heavy atom. The van der Waals surface area contributed by atoms with Crippen LogP contribution in [0.15, 0.2) is 48.5 Å². The Morgan fingerprint density at radius 1 is 1.20 bits per heavy atom. The number of carbonyl (C=O) groups is 1. The lowest BCUT2D eigenvalue weighted by Crippen LogP contribution is -2.28. The van der Waals surface area contributed by atoms with E-state index < -0.39 is 0 Å². The number of hydrogen-bond acceptors (Lipinski definition) is 2. The van der Waals surface area contributed by atoms with Gasteiger partial charge in [0.1, 0.15) is 5.82 Å². The molecule has 2 aromatic carbocycles. The Morgan fingerprint density at radius 3 is 2.50 bits per heavy atom. The first-order valence-electron chi connectivity index (χ1n) is 6.44. The molecule has 0 aliphatic rings. The summed E-state index contributed by atoms with van der Waals surface area (Å²) in [6, 6.07) is 13.2. The van der Waals surface area contributed by atoms with Crippen molar-refractivity contribution >= 4 is 11.6 Å². The maximum absolute atomic E-state index is 12.8. The van der Waals surface area contributed by atoms with E-state index in [0.717, 1.165) is 11.1 Å². The molecule has 0 aliphatic heterocycles. The minimum atomic E-state index is -0.288. The Labute approximate surface area is 117 Å². The summed E-state index contributed by atoms with van der Waals surface area (Å²) in [5, 5.41) is 2.87. The number of para-hydroxylation sites is 1. The molecule has 0 aromatic heterocycles. The quantitative estimate of drug-likeness (QED) is 0.841. The summed E-state index contributed by atoms with van der Waals surface area (Å²) in [4.78, 5) is 12.0. The fourth-order valence-electron chi connectivity index (χ4n) is 2.00. The maximum Gasteiger partial charge on any atom is 0.224 e. The Kier molecular flexibility index (Phi) is 4.35. The highest BCUT2D eigenvalue weighted by molar-refractivity contribution is 5.80. The van der Waals surface area contributed by atoms with E-state index >= 15 is 0 Å². The van der Waals surface area contributed by atoms with Gasteiger partial charge in [-0.15, -0.1) is 0 Å². The van der Waals surface area contributed by atoms with Gasteiger partial charge in [-0.2, -0.15) is 0 Å². The number of amides is 1. The average molecular weight is 272 g/mol. The molecule has 3 nitrogen and oxygen atoms in total. The van der Waals surface area contributed by atoms with Crippen LogP contribution in [0.3, 0.4) is 0 Å². The molecular formula is C16H17FN2O. The van der Waals surface area contributed by atoms with E-state index in [9.17, 15) is 9.18 Å². The van der Waals surface area contributed by atoms with Gasteiger partial charge in [0.2, 0.25) is 5.91 Å². The van der Waals surface area contributed by atoms with Crippen molar-refractivity contribution in [2.45, 2.75) is 19.4 Å². The lowest BCUT2D eigenvalue weighted by molar-refractivity contribution is -0.121. The molecule has 2 rings (SSSR count). The van der Waals surface area contributed by atoms with Crippen molar-refractivity contribution in [3.63, 3.8) is 0 Å². The first-order valence-corrected chi connectivity index (χ1v) is 6.44. The van der Waals surface area contributed by atoms with Crippen LogP contribution in [0.2, 0.25) is 0 Å². The molecule has 1 unspecified atom stereocenters. The zero-order valence-electron chi connectivity index (χ0n) is 11.3. The minimum absolute atomic E-state index is 0.111. The number of halogens is 1. The molecule has 0 saturated carbocycles. The summed E-state index contributed by atoms with van der Waals surface area (Å²) in [6.45, 7) is 1.86. The van der Waals surface area contributed by atoms with Crippen molar-refractivity contribution in [2.24, 2.45) is 0 Å². The summed E-state index contributed by atoms with van der Waals surface area (Å²) in [5.41, 5.74) is 8.08. The molecule has 1 amide bonds. The van der Waals surface area contributed by atoms with Gasteiger partial charge in [0, 0.05) is 5.69 Å². The third-order valence-corrected chi connectivity index (χ3v) is 3.15. The average Bonchev–Trinajstić information content (AvgIpc) is 2.42. The highest BCUT2D eigenvalue weighted by Gasteiger charge is 2.11. The fourth-order valence-corrected chi connectivity index (χ4v) is 2.00. The molecule has 2 aromatic rings. The fraction of sp³-hybridized carbons (Fsp3) is 0.188. The molecule has 0 saturated heterocycles. The number of nitrogens with one attached hydrogen (secondary N) is 1. The second-order valence-electron chi connectivity index (χ2n) is 4.72. The van der Waals surface area contributed by atoms with Gasteiger partial charge in [-0.05, 0) is 36.2 Å². The summed E-state index contributed by atoms with van der Waals surface area (Å²) in [7, 11) is 0. The Hall–Kier alpha value is -2.36. The largest absolute Gasteiger partial charge is 0.398 e. The van der Waals surface area contributed by atoms with Crippen molar-refractivity contribution in [1.29, 1.82) is 0 Å². The number of anilines is 1. The second kappa shape index (κ2) is 6.19. The Balaban J connectivity index is 1.98. The second-order valence-corrected chi connectivity index (χ2v) is 4.72. The maximum atomic E-state index is 12.8. The molecule has 0 fully saturated rings. The zero-order valence-corrected chi connectivity index (χ0v) is 11.3. The molecule has 4 heteroatoms. The lowest BCUT2D eigenvalue weighted by atomic mass is 10.1. The molecule has 0 aliphatic carbocycles. The summed E-state index contributed by atoms with van der Waals surface area (Å²) >= 11 is 0. The van der Waals surface area contributed by atoms with E-state index in [1.165, 1.54) is 12.1 Å². The number of benzene rings is 2. The van der Waals surface area contributed by atoms with Crippen LogP contribution in [-0.4, -0.2) is 5.91 Å². The Bertz CT molecular complexity index is 596. The van der Waals surface area contributed by atoms with Gasteiger partial charge in [-0.1, -0.05) is 30.3 Å². The third-order valence-electron chi connectivity index (χ3n) is 3.15. The number of nitrogen functional groups attached to an aromatic ring is 1. The molecular weight excluding hydrogens is 255 g/mol. The van der Waals surface area contributed by atoms with Crippen LogP contribution in [0.4, 0.5) is 10.1 Å². The van der Waals surface area contributed by atoms with Gasteiger partial charge in [0.05, 0.1) is 12.5 Å². The van der Waals surface area contributed by atoms with E-state index in [4.69, 9.17) is 5.73 Å². The third kappa shape index (κ3) is 3.57. The molecule has 0 bridgehead atoms. The highest BCUT2D eigenvalue weighted by atomic mass is 19.1. The smallest absolute Gasteiger partial charge is 0.224 e. The standard InChI is InChI=1S/C16H17FN2O/c1-11(12-6-8-14(17)9-7-12)19-16(20)10-13-4-2-3-5-15(13)18/h2-9,11H,10,18H2,1H3,(H,19,20). The predicted molar refractivity (Wildman–Crippen MR) is 77.5 cm³/mol. The summed E-state index contributed by atoms with van der Waals surface area (Å²) in [5.74, 6) is -0.399. The summed E-state index contributed by atoms with van der Waals surface area (Å²) in [6.07, 6.45) is 0.234. The lowest BCUT2D eigenvalue weighted by Gasteiger charge is -2.15. The molecule has 0 heterocycles. The normalized spacial score (nSPS) is 11.9. The van der Waals surface area contributed by atoms with Crippen LogP contribution >= 0.6 is 0 Å². The van der Waals surface area contributed by atoms with E-state index in [0.29, 0.717) is 5.69 Å².